The normalized spacial score (nSPS) is 23.4. The molecular formula is C31H45NO3Sn. The molecule has 1 amide bonds. The Morgan fingerprint density at radius 3 is 1.94 bits per heavy atom. The summed E-state index contributed by atoms with van der Waals surface area (Å²) in [6, 6.07) is 18.8. The van der Waals surface area contributed by atoms with Crippen molar-refractivity contribution in [2.75, 3.05) is 12.0 Å². The number of hydrogen-bond acceptors (Lipinski definition) is 3. The molecule has 0 bridgehead atoms. The van der Waals surface area contributed by atoms with Crippen LogP contribution in [0.4, 0.5) is 5.69 Å². The van der Waals surface area contributed by atoms with Crippen LogP contribution in [0.1, 0.15) is 71.0 Å². The Morgan fingerprint density at radius 2 is 1.42 bits per heavy atom. The Balaban J connectivity index is 1.70. The fraction of sp³-hybridized carbons (Fsp3) is 0.581. The summed E-state index contributed by atoms with van der Waals surface area (Å²) in [4.78, 5) is 15.4. The van der Waals surface area contributed by atoms with Gasteiger partial charge in [0.05, 0.1) is 0 Å². The van der Waals surface area contributed by atoms with E-state index in [4.69, 9.17) is 9.47 Å². The zero-order chi connectivity index (χ0) is 25.5. The molecule has 4 nitrogen and oxygen atoms in total. The molecule has 0 saturated carbocycles. The molecule has 2 aromatic carbocycles. The van der Waals surface area contributed by atoms with E-state index in [1.165, 1.54) is 61.8 Å². The second-order valence-corrected chi connectivity index (χ2v) is 25.0. The molecule has 4 rings (SSSR count). The summed E-state index contributed by atoms with van der Waals surface area (Å²) in [5.74, 6) is 1.31. The van der Waals surface area contributed by atoms with Gasteiger partial charge in [0.25, 0.3) is 0 Å². The molecule has 0 spiro atoms. The minimum atomic E-state index is -2.49. The summed E-state index contributed by atoms with van der Waals surface area (Å²) in [6.07, 6.45) is 7.63. The van der Waals surface area contributed by atoms with E-state index in [1.54, 1.807) is 7.11 Å². The number of hydrogen-bond donors (Lipinski definition) is 0. The molecule has 2 aliphatic rings. The van der Waals surface area contributed by atoms with E-state index in [0.29, 0.717) is 5.92 Å². The average molecular weight is 598 g/mol. The fourth-order valence-electron chi connectivity index (χ4n) is 6.55. The van der Waals surface area contributed by atoms with Crippen LogP contribution in [0.2, 0.25) is 17.7 Å². The predicted molar refractivity (Wildman–Crippen MR) is 152 cm³/mol. The first-order chi connectivity index (χ1) is 17.6. The number of rotatable bonds is 14. The van der Waals surface area contributed by atoms with Crippen LogP contribution in [0.5, 0.6) is 5.75 Å². The van der Waals surface area contributed by atoms with E-state index >= 15 is 0 Å². The van der Waals surface area contributed by atoms with E-state index in [2.05, 4.69) is 51.1 Å². The summed E-state index contributed by atoms with van der Waals surface area (Å²) in [5.41, 5.74) is 2.21. The Morgan fingerprint density at radius 1 is 0.833 bits per heavy atom. The molecule has 0 aliphatic carbocycles. The monoisotopic (exact) mass is 599 g/mol. The molecule has 0 unspecified atom stereocenters. The van der Waals surface area contributed by atoms with Crippen molar-refractivity contribution in [2.45, 2.75) is 95.3 Å². The molecule has 196 valence electrons. The molecular weight excluding hydrogens is 553 g/mol. The summed E-state index contributed by atoms with van der Waals surface area (Å²) in [7, 11) is 1.68. The van der Waals surface area contributed by atoms with E-state index in [9.17, 15) is 4.79 Å². The third-order valence-electron chi connectivity index (χ3n) is 8.54. The standard InChI is InChI=1S/C19H18NO3.3C4H9.Sn/c1-12-16-18(23-17(12)13-6-4-3-5-7-13)19(21)20(16)14-8-10-15(22-2)11-9-14;3*1-3-4-2;/h3-12,16-18H,1H2,2H3;3*1,3-4H2,2H3;/t12-,16-,17+,18+;;;;/m1..../s1. The molecule has 2 aliphatic heterocycles. The Labute approximate surface area is 222 Å². The Kier molecular flexibility index (Phi) is 9.79. The minimum absolute atomic E-state index is 0.00866. The first-order valence-electron chi connectivity index (χ1n) is 14.2. The van der Waals surface area contributed by atoms with Gasteiger partial charge in [-0.2, -0.15) is 0 Å². The maximum atomic E-state index is 13.4. The van der Waals surface area contributed by atoms with Gasteiger partial charge in [-0.3, -0.25) is 0 Å². The number of β-lactam (4-membered cyclic amide) rings is 1. The molecule has 4 atom stereocenters. The number of methoxy groups -OCH3 is 1. The van der Waals surface area contributed by atoms with Crippen molar-refractivity contribution >= 4 is 30.0 Å². The first kappa shape index (κ1) is 27.5. The van der Waals surface area contributed by atoms with Crippen LogP contribution in [0.3, 0.4) is 0 Å². The van der Waals surface area contributed by atoms with Crippen molar-refractivity contribution in [2.24, 2.45) is 5.92 Å². The van der Waals surface area contributed by atoms with Crippen molar-refractivity contribution in [3.63, 3.8) is 0 Å². The third-order valence-corrected chi connectivity index (χ3v) is 24.5. The van der Waals surface area contributed by atoms with Gasteiger partial charge in [-0.25, -0.2) is 0 Å². The van der Waals surface area contributed by atoms with Gasteiger partial charge in [0.2, 0.25) is 0 Å². The molecule has 0 aromatic heterocycles. The van der Waals surface area contributed by atoms with E-state index in [0.717, 1.165) is 11.4 Å². The molecule has 5 heteroatoms. The molecule has 36 heavy (non-hydrogen) atoms. The number of unbranched alkanes of at least 4 members (excludes halogenated alkanes) is 3. The maximum absolute atomic E-state index is 13.4. The van der Waals surface area contributed by atoms with Gasteiger partial charge in [-0.15, -0.1) is 0 Å². The van der Waals surface area contributed by atoms with Crippen LogP contribution in [0.15, 0.2) is 54.6 Å². The van der Waals surface area contributed by atoms with Crippen LogP contribution in [-0.4, -0.2) is 43.5 Å². The van der Waals surface area contributed by atoms with E-state index < -0.39 is 18.4 Å². The van der Waals surface area contributed by atoms with Gasteiger partial charge < -0.3 is 0 Å². The summed E-state index contributed by atoms with van der Waals surface area (Å²) in [5, 5.41) is 0. The van der Waals surface area contributed by atoms with Crippen LogP contribution in [0, 0.1) is 5.92 Å². The predicted octanol–water partition coefficient (Wildman–Crippen LogP) is 8.02. The van der Waals surface area contributed by atoms with Gasteiger partial charge >= 0.3 is 223 Å². The third kappa shape index (κ3) is 5.80. The fourth-order valence-corrected chi connectivity index (χ4v) is 24.0. The van der Waals surface area contributed by atoms with Crippen molar-refractivity contribution in [3.05, 3.63) is 60.2 Å². The van der Waals surface area contributed by atoms with Gasteiger partial charge in [0, 0.05) is 0 Å². The van der Waals surface area contributed by atoms with Crippen LogP contribution < -0.4 is 9.64 Å². The zero-order valence-corrected chi connectivity index (χ0v) is 25.6. The molecule has 0 radical (unpaired) electrons. The summed E-state index contributed by atoms with van der Waals surface area (Å²) in [6.45, 7) is 7.02. The SMILES string of the molecule is CCC[CH2][Sn]([CH2]CCC)([CH2]CCC)[CH2][C@@H]1[C@@H]2[C@H](O[C@@H]1c1ccccc1)C(=O)N2c1ccc(OC)cc1. The second-order valence-electron chi connectivity index (χ2n) is 11.0. The quantitative estimate of drug-likeness (QED) is 0.163. The average Bonchev–Trinajstić information content (AvgIpc) is 3.24. The number of carbonyl (C=O) groups excluding carboxylic acids is 1. The molecule has 2 aromatic rings. The number of carbonyl (C=O) groups is 1. The van der Waals surface area contributed by atoms with E-state index in [1.807, 2.05) is 29.2 Å². The number of amides is 1. The number of nitrogens with zero attached hydrogens (tertiary/aromatic N) is 1. The van der Waals surface area contributed by atoms with Crippen molar-refractivity contribution in [1.82, 2.24) is 0 Å². The molecule has 2 fully saturated rings. The molecule has 2 heterocycles. The van der Waals surface area contributed by atoms with Crippen LogP contribution in [-0.2, 0) is 9.53 Å². The van der Waals surface area contributed by atoms with E-state index in [-0.39, 0.29) is 24.2 Å². The first-order valence-corrected chi connectivity index (χ1v) is 22.3. The topological polar surface area (TPSA) is 38.8 Å². The van der Waals surface area contributed by atoms with Crippen molar-refractivity contribution in [1.29, 1.82) is 0 Å². The van der Waals surface area contributed by atoms with Crippen LogP contribution >= 0.6 is 0 Å². The second kappa shape index (κ2) is 12.8. The molecule has 2 saturated heterocycles. The zero-order valence-electron chi connectivity index (χ0n) is 22.7. The Bertz CT molecular complexity index is 942. The summed E-state index contributed by atoms with van der Waals surface area (Å²) < 4.78 is 17.8. The van der Waals surface area contributed by atoms with Gasteiger partial charge in [0.15, 0.2) is 0 Å². The number of fused-ring (bicyclic) bond motifs is 1. The van der Waals surface area contributed by atoms with Crippen molar-refractivity contribution in [3.8, 4) is 5.75 Å². The van der Waals surface area contributed by atoms with Gasteiger partial charge in [-0.1, -0.05) is 0 Å². The van der Waals surface area contributed by atoms with Crippen LogP contribution in [0.25, 0.3) is 0 Å². The number of anilines is 1. The van der Waals surface area contributed by atoms with Gasteiger partial charge in [-0.05, 0) is 0 Å². The van der Waals surface area contributed by atoms with Crippen molar-refractivity contribution < 1.29 is 14.3 Å². The number of ether oxygens (including phenoxy) is 2. The number of benzene rings is 2. The van der Waals surface area contributed by atoms with Gasteiger partial charge in [0.1, 0.15) is 0 Å². The summed E-state index contributed by atoms with van der Waals surface area (Å²) >= 11 is -2.49. The molecule has 0 N–H and O–H groups in total. The Hall–Kier alpha value is -1.53.